The second kappa shape index (κ2) is 4.79. The normalized spacial score (nSPS) is 30.0. The number of carbonyl (C=O) groups is 1. The lowest BCUT2D eigenvalue weighted by molar-refractivity contribution is -0.131. The summed E-state index contributed by atoms with van der Waals surface area (Å²) in [6, 6.07) is -0.697. The molecule has 18 heavy (non-hydrogen) atoms. The van der Waals surface area contributed by atoms with Gasteiger partial charge in [0.1, 0.15) is 0 Å². The summed E-state index contributed by atoms with van der Waals surface area (Å²) in [6.07, 6.45) is 3.00. The number of hydrogen-bond acceptors (Lipinski definition) is 4. The van der Waals surface area contributed by atoms with Gasteiger partial charge in [0, 0.05) is 25.1 Å². The van der Waals surface area contributed by atoms with E-state index in [-0.39, 0.29) is 11.3 Å². The molecule has 0 bridgehead atoms. The van der Waals surface area contributed by atoms with Crippen LogP contribution in [0.1, 0.15) is 19.8 Å². The van der Waals surface area contributed by atoms with E-state index in [1.165, 1.54) is 0 Å². The first kappa shape index (κ1) is 13.8. The SMILES string of the molecule is CC(NS(C)(=O)=O)C(=O)N1CCC2(CCOC2)C1. The zero-order valence-corrected chi connectivity index (χ0v) is 11.6. The maximum absolute atomic E-state index is 12.1. The summed E-state index contributed by atoms with van der Waals surface area (Å²) in [6.45, 7) is 4.43. The van der Waals surface area contributed by atoms with E-state index >= 15 is 0 Å². The molecule has 2 rings (SSSR count). The van der Waals surface area contributed by atoms with Crippen molar-refractivity contribution in [3.8, 4) is 0 Å². The molecule has 0 saturated carbocycles. The molecule has 2 heterocycles. The standard InChI is InChI=1S/C11H20N2O4S/c1-9(12-18(2,15)16)10(14)13-5-3-11(7-13)4-6-17-8-11/h9,12H,3-8H2,1-2H3. The van der Waals surface area contributed by atoms with Crippen LogP contribution in [0.2, 0.25) is 0 Å². The Hall–Kier alpha value is -0.660. The van der Waals surface area contributed by atoms with Gasteiger partial charge in [-0.25, -0.2) is 13.1 Å². The summed E-state index contributed by atoms with van der Waals surface area (Å²) in [5.41, 5.74) is 0.112. The molecule has 6 nitrogen and oxygen atoms in total. The van der Waals surface area contributed by atoms with Gasteiger partial charge in [-0.1, -0.05) is 0 Å². The van der Waals surface area contributed by atoms with E-state index < -0.39 is 16.1 Å². The fraction of sp³-hybridized carbons (Fsp3) is 0.909. The molecule has 0 aromatic carbocycles. The molecule has 2 unspecified atom stereocenters. The van der Waals surface area contributed by atoms with E-state index in [1.807, 2.05) is 0 Å². The number of sulfonamides is 1. The first-order valence-corrected chi connectivity index (χ1v) is 8.04. The van der Waals surface area contributed by atoms with Gasteiger partial charge in [-0.05, 0) is 19.8 Å². The van der Waals surface area contributed by atoms with Gasteiger partial charge in [-0.2, -0.15) is 0 Å². The second-order valence-electron chi connectivity index (χ2n) is 5.42. The Balaban J connectivity index is 1.95. The van der Waals surface area contributed by atoms with Crippen LogP contribution in [0.4, 0.5) is 0 Å². The Kier molecular flexibility index (Phi) is 3.66. The van der Waals surface area contributed by atoms with Crippen molar-refractivity contribution in [1.82, 2.24) is 9.62 Å². The minimum atomic E-state index is -3.35. The van der Waals surface area contributed by atoms with E-state index in [0.717, 1.165) is 25.7 Å². The predicted molar refractivity (Wildman–Crippen MR) is 66.5 cm³/mol. The topological polar surface area (TPSA) is 75.7 Å². The molecule has 0 aromatic heterocycles. The van der Waals surface area contributed by atoms with E-state index in [9.17, 15) is 13.2 Å². The van der Waals surface area contributed by atoms with Crippen LogP contribution in [0.5, 0.6) is 0 Å². The highest BCUT2D eigenvalue weighted by atomic mass is 32.2. The van der Waals surface area contributed by atoms with E-state index in [0.29, 0.717) is 19.7 Å². The number of amides is 1. The predicted octanol–water partition coefficient (Wildman–Crippen LogP) is -0.437. The third-order valence-corrected chi connectivity index (χ3v) is 4.48. The van der Waals surface area contributed by atoms with Crippen LogP contribution < -0.4 is 4.72 Å². The van der Waals surface area contributed by atoms with Crippen molar-refractivity contribution in [2.75, 3.05) is 32.6 Å². The Morgan fingerprint density at radius 2 is 2.17 bits per heavy atom. The van der Waals surface area contributed by atoms with Gasteiger partial charge in [-0.3, -0.25) is 4.79 Å². The number of rotatable bonds is 3. The van der Waals surface area contributed by atoms with Crippen LogP contribution >= 0.6 is 0 Å². The lowest BCUT2D eigenvalue weighted by Gasteiger charge is -2.24. The molecule has 2 saturated heterocycles. The fourth-order valence-corrected chi connectivity index (χ4v) is 3.48. The first-order valence-electron chi connectivity index (χ1n) is 6.15. The molecular weight excluding hydrogens is 256 g/mol. The Bertz CT molecular complexity index is 428. The lowest BCUT2D eigenvalue weighted by atomic mass is 9.87. The zero-order chi connectivity index (χ0) is 13.4. The molecule has 2 atom stereocenters. The molecule has 1 N–H and O–H groups in total. The van der Waals surface area contributed by atoms with Crippen molar-refractivity contribution >= 4 is 15.9 Å². The molecule has 7 heteroatoms. The first-order chi connectivity index (χ1) is 8.31. The second-order valence-corrected chi connectivity index (χ2v) is 7.20. The molecule has 2 aliphatic heterocycles. The maximum atomic E-state index is 12.1. The lowest BCUT2D eigenvalue weighted by Crippen LogP contribution is -2.46. The van der Waals surface area contributed by atoms with Gasteiger partial charge in [0.25, 0.3) is 0 Å². The molecule has 0 aliphatic carbocycles. The van der Waals surface area contributed by atoms with Gasteiger partial charge in [0.2, 0.25) is 15.9 Å². The van der Waals surface area contributed by atoms with Crippen LogP contribution in [0, 0.1) is 5.41 Å². The van der Waals surface area contributed by atoms with Crippen molar-refractivity contribution in [3.63, 3.8) is 0 Å². The highest BCUT2D eigenvalue weighted by Gasteiger charge is 2.43. The molecule has 2 aliphatic rings. The summed E-state index contributed by atoms with van der Waals surface area (Å²) in [5, 5.41) is 0. The molecule has 104 valence electrons. The summed E-state index contributed by atoms with van der Waals surface area (Å²) in [4.78, 5) is 13.9. The molecule has 1 spiro atoms. The smallest absolute Gasteiger partial charge is 0.240 e. The van der Waals surface area contributed by atoms with Crippen molar-refractivity contribution in [2.45, 2.75) is 25.8 Å². The van der Waals surface area contributed by atoms with Crippen LogP contribution in [-0.2, 0) is 19.6 Å². The summed E-state index contributed by atoms with van der Waals surface area (Å²) in [7, 11) is -3.35. The molecule has 2 fully saturated rings. The minimum absolute atomic E-state index is 0.112. The fourth-order valence-electron chi connectivity index (χ4n) is 2.74. The van der Waals surface area contributed by atoms with Crippen molar-refractivity contribution < 1.29 is 17.9 Å². The maximum Gasteiger partial charge on any atom is 0.240 e. The summed E-state index contributed by atoms with van der Waals surface area (Å²) >= 11 is 0. The average Bonchev–Trinajstić information content (AvgIpc) is 2.86. The monoisotopic (exact) mass is 276 g/mol. The summed E-state index contributed by atoms with van der Waals surface area (Å²) < 4.78 is 29.9. The Morgan fingerprint density at radius 3 is 2.72 bits per heavy atom. The van der Waals surface area contributed by atoms with Crippen molar-refractivity contribution in [2.24, 2.45) is 5.41 Å². The van der Waals surface area contributed by atoms with Crippen LogP contribution in [-0.4, -0.2) is 57.8 Å². The highest BCUT2D eigenvalue weighted by molar-refractivity contribution is 7.88. The van der Waals surface area contributed by atoms with Crippen molar-refractivity contribution in [3.05, 3.63) is 0 Å². The zero-order valence-electron chi connectivity index (χ0n) is 10.8. The number of hydrogen-bond donors (Lipinski definition) is 1. The largest absolute Gasteiger partial charge is 0.381 e. The van der Waals surface area contributed by atoms with Gasteiger partial charge in [0.15, 0.2) is 0 Å². The quantitative estimate of drug-likeness (QED) is 0.758. The Labute approximate surface area is 108 Å². The number of nitrogens with one attached hydrogen (secondary N) is 1. The number of likely N-dealkylation sites (tertiary alicyclic amines) is 1. The highest BCUT2D eigenvalue weighted by Crippen LogP contribution is 2.38. The minimum Gasteiger partial charge on any atom is -0.381 e. The van der Waals surface area contributed by atoms with Gasteiger partial charge in [0.05, 0.1) is 18.9 Å². The van der Waals surface area contributed by atoms with E-state index in [2.05, 4.69) is 4.72 Å². The average molecular weight is 276 g/mol. The molecule has 0 aromatic rings. The summed E-state index contributed by atoms with van der Waals surface area (Å²) in [5.74, 6) is -0.149. The molecular formula is C11H20N2O4S. The number of carbonyl (C=O) groups excluding carboxylic acids is 1. The van der Waals surface area contributed by atoms with Gasteiger partial charge >= 0.3 is 0 Å². The Morgan fingerprint density at radius 1 is 1.44 bits per heavy atom. The third kappa shape index (κ3) is 3.02. The molecule has 0 radical (unpaired) electrons. The van der Waals surface area contributed by atoms with Crippen LogP contribution in [0.3, 0.4) is 0 Å². The van der Waals surface area contributed by atoms with E-state index in [1.54, 1.807) is 11.8 Å². The molecule has 1 amide bonds. The van der Waals surface area contributed by atoms with Gasteiger partial charge in [-0.15, -0.1) is 0 Å². The van der Waals surface area contributed by atoms with Crippen molar-refractivity contribution in [1.29, 1.82) is 0 Å². The van der Waals surface area contributed by atoms with Crippen LogP contribution in [0.15, 0.2) is 0 Å². The van der Waals surface area contributed by atoms with Gasteiger partial charge < -0.3 is 9.64 Å². The number of nitrogens with zero attached hydrogens (tertiary/aromatic N) is 1. The third-order valence-electron chi connectivity index (χ3n) is 3.70. The number of ether oxygens (including phenoxy) is 1. The van der Waals surface area contributed by atoms with E-state index in [4.69, 9.17) is 4.74 Å². The van der Waals surface area contributed by atoms with Crippen LogP contribution in [0.25, 0.3) is 0 Å².